The van der Waals surface area contributed by atoms with Crippen molar-refractivity contribution in [1.29, 1.82) is 0 Å². The largest absolute Gasteiger partial charge is 0.392 e. The van der Waals surface area contributed by atoms with Gasteiger partial charge in [0.2, 0.25) is 0 Å². The quantitative estimate of drug-likeness (QED) is 0.812. The fourth-order valence-corrected chi connectivity index (χ4v) is 1.45. The number of aliphatic hydroxyl groups excluding tert-OH is 1. The summed E-state index contributed by atoms with van der Waals surface area (Å²) in [6.07, 6.45) is 3.30. The number of benzene rings is 1. The molecular formula is C12H10FNO. The number of aromatic nitrogens is 1. The molecule has 0 aliphatic heterocycles. The van der Waals surface area contributed by atoms with Gasteiger partial charge in [0.15, 0.2) is 0 Å². The SMILES string of the molecule is OCc1cc(F)cc(-c2ccncc2)c1. The number of rotatable bonds is 2. The van der Waals surface area contributed by atoms with Crippen LogP contribution in [0.4, 0.5) is 4.39 Å². The first-order valence-electron chi connectivity index (χ1n) is 4.60. The second kappa shape index (κ2) is 4.19. The van der Waals surface area contributed by atoms with Crippen LogP contribution in [0.15, 0.2) is 42.7 Å². The lowest BCUT2D eigenvalue weighted by Gasteiger charge is -2.04. The number of hydrogen-bond donors (Lipinski definition) is 1. The summed E-state index contributed by atoms with van der Waals surface area (Å²) in [4.78, 5) is 3.89. The Labute approximate surface area is 87.0 Å². The van der Waals surface area contributed by atoms with Crippen LogP contribution >= 0.6 is 0 Å². The van der Waals surface area contributed by atoms with Crippen molar-refractivity contribution in [3.63, 3.8) is 0 Å². The fraction of sp³-hybridized carbons (Fsp3) is 0.0833. The van der Waals surface area contributed by atoms with Gasteiger partial charge in [0.05, 0.1) is 6.61 Å². The van der Waals surface area contributed by atoms with Crippen LogP contribution in [-0.2, 0) is 6.61 Å². The number of aliphatic hydroxyl groups is 1. The molecule has 2 aromatic rings. The molecule has 2 rings (SSSR count). The normalized spacial score (nSPS) is 10.3. The minimum absolute atomic E-state index is 0.157. The second-order valence-corrected chi connectivity index (χ2v) is 3.24. The van der Waals surface area contributed by atoms with Crippen molar-refractivity contribution in [3.05, 3.63) is 54.1 Å². The van der Waals surface area contributed by atoms with E-state index in [2.05, 4.69) is 4.98 Å². The van der Waals surface area contributed by atoms with Crippen molar-refractivity contribution in [2.45, 2.75) is 6.61 Å². The Bertz CT molecular complexity index is 456. The van der Waals surface area contributed by atoms with Crippen LogP contribution < -0.4 is 0 Å². The van der Waals surface area contributed by atoms with Crippen LogP contribution in [0.2, 0.25) is 0 Å². The van der Waals surface area contributed by atoms with Gasteiger partial charge in [0.25, 0.3) is 0 Å². The summed E-state index contributed by atoms with van der Waals surface area (Å²) in [5.74, 6) is -0.339. The zero-order valence-electron chi connectivity index (χ0n) is 8.02. The molecule has 3 heteroatoms. The first-order valence-corrected chi connectivity index (χ1v) is 4.60. The molecule has 0 saturated heterocycles. The van der Waals surface area contributed by atoms with E-state index in [4.69, 9.17) is 5.11 Å². The predicted octanol–water partition coefficient (Wildman–Crippen LogP) is 2.38. The maximum Gasteiger partial charge on any atom is 0.124 e. The monoisotopic (exact) mass is 203 g/mol. The molecule has 0 spiro atoms. The lowest BCUT2D eigenvalue weighted by atomic mass is 10.0. The zero-order chi connectivity index (χ0) is 10.7. The summed E-state index contributed by atoms with van der Waals surface area (Å²) in [7, 11) is 0. The van der Waals surface area contributed by atoms with Gasteiger partial charge < -0.3 is 5.11 Å². The second-order valence-electron chi connectivity index (χ2n) is 3.24. The molecule has 76 valence electrons. The smallest absolute Gasteiger partial charge is 0.124 e. The van der Waals surface area contributed by atoms with Crippen molar-refractivity contribution in [2.24, 2.45) is 0 Å². The molecule has 0 aliphatic rings. The van der Waals surface area contributed by atoms with Crippen LogP contribution in [0.3, 0.4) is 0 Å². The van der Waals surface area contributed by atoms with Gasteiger partial charge in [-0.2, -0.15) is 0 Å². The van der Waals surface area contributed by atoms with Crippen molar-refractivity contribution in [2.75, 3.05) is 0 Å². The molecule has 1 N–H and O–H groups in total. The van der Waals surface area contributed by atoms with E-state index in [1.807, 2.05) is 0 Å². The van der Waals surface area contributed by atoms with E-state index in [-0.39, 0.29) is 12.4 Å². The van der Waals surface area contributed by atoms with E-state index in [1.165, 1.54) is 12.1 Å². The van der Waals surface area contributed by atoms with Gasteiger partial charge >= 0.3 is 0 Å². The molecule has 0 aliphatic carbocycles. The maximum absolute atomic E-state index is 13.2. The Balaban J connectivity index is 2.49. The van der Waals surface area contributed by atoms with Gasteiger partial charge in [-0.05, 0) is 47.0 Å². The Morgan fingerprint density at radius 1 is 1.07 bits per heavy atom. The van der Waals surface area contributed by atoms with Crippen LogP contribution in [0.25, 0.3) is 11.1 Å². The number of halogens is 1. The van der Waals surface area contributed by atoms with Gasteiger partial charge in [0.1, 0.15) is 5.82 Å². The molecule has 0 saturated carbocycles. The van der Waals surface area contributed by atoms with Crippen LogP contribution in [0, 0.1) is 5.82 Å². The van der Waals surface area contributed by atoms with Crippen molar-refractivity contribution in [3.8, 4) is 11.1 Å². The molecule has 15 heavy (non-hydrogen) atoms. The molecule has 1 aromatic carbocycles. The molecule has 0 radical (unpaired) electrons. The highest BCUT2D eigenvalue weighted by molar-refractivity contribution is 5.63. The van der Waals surface area contributed by atoms with Crippen LogP contribution in [0.5, 0.6) is 0 Å². The third-order valence-corrected chi connectivity index (χ3v) is 2.15. The van der Waals surface area contributed by atoms with Crippen molar-refractivity contribution < 1.29 is 9.50 Å². The standard InChI is InChI=1S/C12H10FNO/c13-12-6-9(8-15)5-11(7-12)10-1-3-14-4-2-10/h1-7,15H,8H2. The summed E-state index contributed by atoms with van der Waals surface area (Å²) in [5.41, 5.74) is 2.21. The van der Waals surface area contributed by atoms with Gasteiger partial charge in [0, 0.05) is 12.4 Å². The minimum atomic E-state index is -0.339. The molecular weight excluding hydrogens is 193 g/mol. The predicted molar refractivity (Wildman–Crippen MR) is 55.6 cm³/mol. The Kier molecular flexibility index (Phi) is 2.74. The number of nitrogens with zero attached hydrogens (tertiary/aromatic N) is 1. The van der Waals surface area contributed by atoms with Gasteiger partial charge in [-0.15, -0.1) is 0 Å². The lowest BCUT2D eigenvalue weighted by Crippen LogP contribution is -1.88. The molecule has 0 unspecified atom stereocenters. The van der Waals surface area contributed by atoms with E-state index in [0.717, 1.165) is 11.1 Å². The molecule has 1 aromatic heterocycles. The molecule has 0 atom stereocenters. The topological polar surface area (TPSA) is 33.1 Å². The van der Waals surface area contributed by atoms with Crippen LogP contribution in [-0.4, -0.2) is 10.1 Å². The summed E-state index contributed by atoms with van der Waals surface area (Å²) in [6.45, 7) is -0.157. The summed E-state index contributed by atoms with van der Waals surface area (Å²) >= 11 is 0. The van der Waals surface area contributed by atoms with Crippen LogP contribution in [0.1, 0.15) is 5.56 Å². The highest BCUT2D eigenvalue weighted by Gasteiger charge is 2.02. The van der Waals surface area contributed by atoms with E-state index in [1.54, 1.807) is 30.6 Å². The molecule has 0 fully saturated rings. The van der Waals surface area contributed by atoms with Gasteiger partial charge in [-0.25, -0.2) is 4.39 Å². The average molecular weight is 203 g/mol. The molecule has 0 bridgehead atoms. The number of hydrogen-bond acceptors (Lipinski definition) is 2. The Morgan fingerprint density at radius 3 is 2.47 bits per heavy atom. The first kappa shape index (κ1) is 9.80. The van der Waals surface area contributed by atoms with E-state index in [0.29, 0.717) is 5.56 Å². The first-order chi connectivity index (χ1) is 7.29. The molecule has 2 nitrogen and oxygen atoms in total. The Morgan fingerprint density at radius 2 is 1.80 bits per heavy atom. The highest BCUT2D eigenvalue weighted by Crippen LogP contribution is 2.21. The minimum Gasteiger partial charge on any atom is -0.392 e. The highest BCUT2D eigenvalue weighted by atomic mass is 19.1. The lowest BCUT2D eigenvalue weighted by molar-refractivity contribution is 0.281. The number of pyridine rings is 1. The van der Waals surface area contributed by atoms with E-state index < -0.39 is 0 Å². The third-order valence-electron chi connectivity index (χ3n) is 2.15. The molecule has 1 heterocycles. The average Bonchev–Trinajstić information content (AvgIpc) is 2.29. The fourth-order valence-electron chi connectivity index (χ4n) is 1.45. The summed E-state index contributed by atoms with van der Waals surface area (Å²) in [6, 6.07) is 8.13. The summed E-state index contributed by atoms with van der Waals surface area (Å²) < 4.78 is 13.2. The van der Waals surface area contributed by atoms with Gasteiger partial charge in [-0.3, -0.25) is 4.98 Å². The van der Waals surface area contributed by atoms with Gasteiger partial charge in [-0.1, -0.05) is 0 Å². The molecule has 0 amide bonds. The van der Waals surface area contributed by atoms with E-state index >= 15 is 0 Å². The maximum atomic E-state index is 13.2. The summed E-state index contributed by atoms with van der Waals surface area (Å²) in [5, 5.41) is 8.95. The zero-order valence-corrected chi connectivity index (χ0v) is 8.02. The van der Waals surface area contributed by atoms with Crippen molar-refractivity contribution >= 4 is 0 Å². The Hall–Kier alpha value is -1.74. The van der Waals surface area contributed by atoms with Crippen molar-refractivity contribution in [1.82, 2.24) is 4.98 Å². The van der Waals surface area contributed by atoms with E-state index in [9.17, 15) is 4.39 Å². The third kappa shape index (κ3) is 2.19.